The normalized spacial score (nSPS) is 10.2. The number of carbonyl (C=O) groups is 2. The van der Waals surface area contributed by atoms with Crippen LogP contribution < -0.4 is 5.56 Å². The van der Waals surface area contributed by atoms with Crippen molar-refractivity contribution in [3.8, 4) is 11.3 Å². The van der Waals surface area contributed by atoms with Gasteiger partial charge in [-0.3, -0.25) is 13.9 Å². The van der Waals surface area contributed by atoms with Crippen LogP contribution >= 0.6 is 11.9 Å². The number of rotatable bonds is 7. The monoisotopic (exact) mass is 371 g/mol. The van der Waals surface area contributed by atoms with Gasteiger partial charge in [-0.2, -0.15) is 0 Å². The molecular weight excluding hydrogens is 354 g/mol. The van der Waals surface area contributed by atoms with E-state index in [-0.39, 0.29) is 35.3 Å². The van der Waals surface area contributed by atoms with Crippen molar-refractivity contribution in [3.63, 3.8) is 0 Å². The molecule has 0 aliphatic heterocycles. The summed E-state index contributed by atoms with van der Waals surface area (Å²) >= 11 is 1.13. The van der Waals surface area contributed by atoms with Crippen molar-refractivity contribution in [2.75, 3.05) is 12.8 Å². The molecule has 0 unspecified atom stereocenters. The van der Waals surface area contributed by atoms with E-state index in [1.54, 1.807) is 24.5 Å². The van der Waals surface area contributed by atoms with E-state index in [0.29, 0.717) is 17.4 Å². The van der Waals surface area contributed by atoms with Crippen molar-refractivity contribution >= 4 is 36.0 Å². The molecule has 0 aliphatic carbocycles. The number of benzene rings is 1. The fraction of sp³-hybridized carbons (Fsp3) is 0.111. The minimum absolute atomic E-state index is 0.0292. The molecule has 0 spiro atoms. The Morgan fingerprint density at radius 3 is 2.77 bits per heavy atom. The average Bonchev–Trinajstić information content (AvgIpc) is 2.65. The first-order valence-electron chi connectivity index (χ1n) is 7.48. The zero-order valence-electron chi connectivity index (χ0n) is 14.1. The van der Waals surface area contributed by atoms with Crippen LogP contribution in [0.15, 0.2) is 42.2 Å². The zero-order chi connectivity index (χ0) is 19.3. The lowest BCUT2D eigenvalue weighted by Crippen LogP contribution is -2.26. The number of aliphatic hydroxyl groups excluding tert-OH is 1. The maximum absolute atomic E-state index is 12.5. The van der Waals surface area contributed by atoms with Crippen LogP contribution in [0.3, 0.4) is 0 Å². The minimum atomic E-state index is -0.496. The van der Waals surface area contributed by atoms with Crippen LogP contribution in [0.4, 0.5) is 0 Å². The van der Waals surface area contributed by atoms with Crippen molar-refractivity contribution in [2.45, 2.75) is 0 Å². The number of H-pyrrole nitrogens is 1. The highest BCUT2D eigenvalue weighted by atomic mass is 32.2. The van der Waals surface area contributed by atoms with Gasteiger partial charge >= 0.3 is 0 Å². The summed E-state index contributed by atoms with van der Waals surface area (Å²) in [5.41, 5.74) is 0.570. The molecule has 8 heteroatoms. The Morgan fingerprint density at radius 2 is 2.19 bits per heavy atom. The number of amides is 1. The van der Waals surface area contributed by atoms with Gasteiger partial charge < -0.3 is 14.9 Å². The Hall–Kier alpha value is -3.13. The largest absolute Gasteiger partial charge is 0.506 e. The summed E-state index contributed by atoms with van der Waals surface area (Å²) < 4.78 is 1.30. The molecule has 7 nitrogen and oxygen atoms in total. The molecule has 1 aromatic carbocycles. The summed E-state index contributed by atoms with van der Waals surface area (Å²) in [4.78, 5) is 42.2. The standard InChI is InChI=1S/C18H17N3O4S/c1-4-14-15(11(2)23)20-16(17(24)19-14)12-6-5-7-13(10-12)18(25)21(26-3)8-9-22/h4-7,9-10,23H,1-2,8H2,3H3,(H,19,24). The lowest BCUT2D eigenvalue weighted by atomic mass is 10.1. The van der Waals surface area contributed by atoms with E-state index in [1.165, 1.54) is 16.4 Å². The van der Waals surface area contributed by atoms with E-state index in [4.69, 9.17) is 0 Å². The summed E-state index contributed by atoms with van der Waals surface area (Å²) in [5, 5.41) is 9.68. The Morgan fingerprint density at radius 1 is 1.46 bits per heavy atom. The average molecular weight is 371 g/mol. The second kappa shape index (κ2) is 8.30. The number of aromatic nitrogens is 2. The molecule has 1 heterocycles. The first-order valence-corrected chi connectivity index (χ1v) is 8.66. The number of aldehydes is 1. The van der Waals surface area contributed by atoms with Crippen LogP contribution in [0.25, 0.3) is 23.1 Å². The fourth-order valence-electron chi connectivity index (χ4n) is 2.28. The van der Waals surface area contributed by atoms with Gasteiger partial charge in [0.05, 0.1) is 12.2 Å². The molecule has 2 N–H and O–H groups in total. The summed E-state index contributed by atoms with van der Waals surface area (Å²) in [6.45, 7) is 6.93. The predicted molar refractivity (Wildman–Crippen MR) is 103 cm³/mol. The van der Waals surface area contributed by atoms with Crippen LogP contribution in [0, 0.1) is 0 Å². The van der Waals surface area contributed by atoms with E-state index >= 15 is 0 Å². The van der Waals surface area contributed by atoms with Crippen LogP contribution in [-0.2, 0) is 4.79 Å². The Bertz CT molecular complexity index is 936. The Kier molecular flexibility index (Phi) is 6.13. The number of carbonyl (C=O) groups excluding carboxylic acids is 2. The van der Waals surface area contributed by atoms with Gasteiger partial charge in [0.25, 0.3) is 11.5 Å². The minimum Gasteiger partial charge on any atom is -0.506 e. The van der Waals surface area contributed by atoms with Crippen LogP contribution in [0.1, 0.15) is 21.7 Å². The number of aromatic amines is 1. The van der Waals surface area contributed by atoms with Crippen molar-refractivity contribution in [2.24, 2.45) is 0 Å². The Labute approximate surface area is 154 Å². The molecule has 2 aromatic rings. The van der Waals surface area contributed by atoms with Gasteiger partial charge in [-0.05, 0) is 18.2 Å². The van der Waals surface area contributed by atoms with Crippen LogP contribution in [0.5, 0.6) is 0 Å². The fourth-order valence-corrected chi connectivity index (χ4v) is 2.76. The van der Waals surface area contributed by atoms with E-state index in [2.05, 4.69) is 23.1 Å². The second-order valence-electron chi connectivity index (χ2n) is 5.12. The molecule has 0 atom stereocenters. The topological polar surface area (TPSA) is 103 Å². The van der Waals surface area contributed by atoms with E-state index in [0.717, 1.165) is 11.9 Å². The van der Waals surface area contributed by atoms with Gasteiger partial charge in [0.2, 0.25) is 0 Å². The molecule has 26 heavy (non-hydrogen) atoms. The van der Waals surface area contributed by atoms with Crippen molar-refractivity contribution in [3.05, 3.63) is 64.7 Å². The molecular formula is C18H17N3O4S. The molecule has 2 rings (SSSR count). The molecule has 0 saturated heterocycles. The van der Waals surface area contributed by atoms with Gasteiger partial charge in [-0.15, -0.1) is 0 Å². The second-order valence-corrected chi connectivity index (χ2v) is 5.93. The van der Waals surface area contributed by atoms with Crippen LogP contribution in [0.2, 0.25) is 0 Å². The SMILES string of the molecule is C=Cc1[nH]c(=O)c(-c2cccc(C(=O)N(CC=O)SC)c2)nc1C(=C)O. The summed E-state index contributed by atoms with van der Waals surface area (Å²) in [6.07, 6.45) is 3.67. The van der Waals surface area contributed by atoms with E-state index in [1.807, 2.05) is 0 Å². The first kappa shape index (κ1) is 19.2. The third kappa shape index (κ3) is 3.92. The molecule has 1 amide bonds. The number of nitrogens with zero attached hydrogens (tertiary/aromatic N) is 2. The third-order valence-corrected chi connectivity index (χ3v) is 4.25. The highest BCUT2D eigenvalue weighted by Crippen LogP contribution is 2.20. The quantitative estimate of drug-likeness (QED) is 0.440. The number of hydrogen-bond acceptors (Lipinski definition) is 6. The van der Waals surface area contributed by atoms with Crippen molar-refractivity contribution < 1.29 is 14.7 Å². The lowest BCUT2D eigenvalue weighted by molar-refractivity contribution is -0.107. The number of aliphatic hydroxyl groups is 1. The van der Waals surface area contributed by atoms with Crippen LogP contribution in [-0.4, -0.2) is 44.4 Å². The summed E-state index contributed by atoms with van der Waals surface area (Å²) in [6, 6.07) is 6.32. The molecule has 0 aliphatic rings. The van der Waals surface area contributed by atoms with Gasteiger partial charge in [-0.1, -0.05) is 37.2 Å². The van der Waals surface area contributed by atoms with Crippen molar-refractivity contribution in [1.82, 2.24) is 14.3 Å². The molecule has 0 fully saturated rings. The van der Waals surface area contributed by atoms with Crippen molar-refractivity contribution in [1.29, 1.82) is 0 Å². The maximum atomic E-state index is 12.5. The van der Waals surface area contributed by atoms with Gasteiger partial charge in [0.15, 0.2) is 0 Å². The highest BCUT2D eigenvalue weighted by Gasteiger charge is 2.17. The zero-order valence-corrected chi connectivity index (χ0v) is 14.9. The first-order chi connectivity index (χ1) is 12.4. The van der Waals surface area contributed by atoms with E-state index < -0.39 is 5.56 Å². The molecule has 0 saturated carbocycles. The molecule has 0 bridgehead atoms. The predicted octanol–water partition coefficient (Wildman–Crippen LogP) is 2.53. The molecule has 134 valence electrons. The smallest absolute Gasteiger partial charge is 0.274 e. The molecule has 0 radical (unpaired) electrons. The van der Waals surface area contributed by atoms with Gasteiger partial charge in [0, 0.05) is 17.4 Å². The number of hydrogen-bond donors (Lipinski definition) is 2. The lowest BCUT2D eigenvalue weighted by Gasteiger charge is -2.16. The summed E-state index contributed by atoms with van der Waals surface area (Å²) in [5.74, 6) is -0.679. The van der Waals surface area contributed by atoms with Gasteiger partial charge in [0.1, 0.15) is 23.4 Å². The Balaban J connectivity index is 2.54. The van der Waals surface area contributed by atoms with E-state index in [9.17, 15) is 19.5 Å². The number of nitrogens with one attached hydrogen (secondary N) is 1. The summed E-state index contributed by atoms with van der Waals surface area (Å²) in [7, 11) is 0. The molecule has 1 aromatic heterocycles. The highest BCUT2D eigenvalue weighted by molar-refractivity contribution is 7.96. The maximum Gasteiger partial charge on any atom is 0.274 e. The van der Waals surface area contributed by atoms with Gasteiger partial charge in [-0.25, -0.2) is 4.98 Å². The third-order valence-electron chi connectivity index (χ3n) is 3.49.